The summed E-state index contributed by atoms with van der Waals surface area (Å²) in [5, 5.41) is 9.46. The Morgan fingerprint density at radius 1 is 1.17 bits per heavy atom. The van der Waals surface area contributed by atoms with Gasteiger partial charge in [-0.3, -0.25) is 9.69 Å². The highest BCUT2D eigenvalue weighted by atomic mass is 16.5. The van der Waals surface area contributed by atoms with Crippen LogP contribution in [0.4, 0.5) is 10.5 Å². The molecule has 1 saturated carbocycles. The van der Waals surface area contributed by atoms with Crippen LogP contribution in [0, 0.1) is 12.8 Å². The molecular weight excluding hydrogens is 448 g/mol. The van der Waals surface area contributed by atoms with Crippen molar-refractivity contribution in [2.45, 2.75) is 77.3 Å². The molecule has 2 aliphatic rings. The Morgan fingerprint density at radius 2 is 1.94 bits per heavy atom. The SMILES string of the molecule is COC(=O)N1c2ccc3c(nc(CCc4cnc(C)o4)n3[C@H]3CC[C@H](C(=O)O)CC3)c2CC[C@@H]1C. The molecule has 35 heavy (non-hydrogen) atoms. The van der Waals surface area contributed by atoms with Gasteiger partial charge in [0.1, 0.15) is 11.6 Å². The minimum atomic E-state index is -0.703. The largest absolute Gasteiger partial charge is 0.481 e. The maximum Gasteiger partial charge on any atom is 0.414 e. The zero-order valence-electron chi connectivity index (χ0n) is 20.5. The van der Waals surface area contributed by atoms with Gasteiger partial charge in [-0.2, -0.15) is 0 Å². The summed E-state index contributed by atoms with van der Waals surface area (Å²) >= 11 is 0. The number of ether oxygens (including phenoxy) is 1. The van der Waals surface area contributed by atoms with Crippen LogP contribution in [0.15, 0.2) is 22.7 Å². The van der Waals surface area contributed by atoms with Gasteiger partial charge in [0.05, 0.1) is 35.9 Å². The molecule has 1 amide bonds. The van der Waals surface area contributed by atoms with Crippen LogP contribution in [0.1, 0.15) is 68.1 Å². The number of anilines is 1. The smallest absolute Gasteiger partial charge is 0.414 e. The van der Waals surface area contributed by atoms with E-state index in [9.17, 15) is 14.7 Å². The van der Waals surface area contributed by atoms with Crippen LogP contribution in [-0.4, -0.2) is 44.9 Å². The average molecular weight is 481 g/mol. The predicted octanol–water partition coefficient (Wildman–Crippen LogP) is 4.84. The van der Waals surface area contributed by atoms with Gasteiger partial charge in [0, 0.05) is 37.4 Å². The molecule has 2 aromatic heterocycles. The fraction of sp³-hybridized carbons (Fsp3) is 0.538. The van der Waals surface area contributed by atoms with E-state index in [0.29, 0.717) is 31.6 Å². The van der Waals surface area contributed by atoms with Crippen molar-refractivity contribution in [3.05, 3.63) is 41.4 Å². The van der Waals surface area contributed by atoms with Crippen LogP contribution < -0.4 is 4.90 Å². The van der Waals surface area contributed by atoms with Crippen LogP contribution in [0.5, 0.6) is 0 Å². The number of amides is 1. The summed E-state index contributed by atoms with van der Waals surface area (Å²) in [6.45, 7) is 3.87. The number of hydrogen-bond donors (Lipinski definition) is 1. The first-order valence-corrected chi connectivity index (χ1v) is 12.4. The number of aryl methyl sites for hydroxylation is 4. The number of rotatable bonds is 5. The van der Waals surface area contributed by atoms with Crippen molar-refractivity contribution in [2.24, 2.45) is 5.92 Å². The van der Waals surface area contributed by atoms with E-state index in [1.165, 1.54) is 7.11 Å². The molecule has 3 aromatic rings. The highest BCUT2D eigenvalue weighted by molar-refractivity contribution is 5.95. The Bertz CT molecular complexity index is 1250. The second-order valence-corrected chi connectivity index (χ2v) is 9.75. The maximum atomic E-state index is 12.6. The van der Waals surface area contributed by atoms with E-state index in [2.05, 4.69) is 15.6 Å². The van der Waals surface area contributed by atoms with Gasteiger partial charge < -0.3 is 18.8 Å². The first-order valence-electron chi connectivity index (χ1n) is 12.4. The monoisotopic (exact) mass is 480 g/mol. The first-order chi connectivity index (χ1) is 16.9. The summed E-state index contributed by atoms with van der Waals surface area (Å²) in [6, 6.07) is 4.31. The molecule has 3 heterocycles. The molecule has 186 valence electrons. The van der Waals surface area contributed by atoms with Crippen LogP contribution in [0.2, 0.25) is 0 Å². The molecule has 1 atom stereocenters. The van der Waals surface area contributed by atoms with Crippen molar-refractivity contribution in [1.82, 2.24) is 14.5 Å². The molecule has 1 N–H and O–H groups in total. The van der Waals surface area contributed by atoms with Crippen LogP contribution in [0.3, 0.4) is 0 Å². The molecule has 0 unspecified atom stereocenters. The lowest BCUT2D eigenvalue weighted by molar-refractivity contribution is -0.143. The molecule has 1 aliphatic heterocycles. The highest BCUT2D eigenvalue weighted by Gasteiger charge is 2.33. The number of hydrogen-bond acceptors (Lipinski definition) is 6. The minimum Gasteiger partial charge on any atom is -0.481 e. The van der Waals surface area contributed by atoms with Gasteiger partial charge in [0.15, 0.2) is 5.89 Å². The van der Waals surface area contributed by atoms with Crippen molar-refractivity contribution < 1.29 is 23.8 Å². The van der Waals surface area contributed by atoms with Gasteiger partial charge in [0.2, 0.25) is 0 Å². The Hall–Kier alpha value is -3.36. The second kappa shape index (κ2) is 9.36. The summed E-state index contributed by atoms with van der Waals surface area (Å²) in [5.41, 5.74) is 3.90. The summed E-state index contributed by atoms with van der Waals surface area (Å²) in [7, 11) is 1.41. The fourth-order valence-electron chi connectivity index (χ4n) is 5.74. The number of aromatic nitrogens is 3. The standard InChI is InChI=1S/C26H32N4O5/c1-15-4-10-20-21(29(15)26(33)34-3)11-12-22-24(20)28-23(13-9-19-14-27-16(2)35-19)30(22)18-7-5-17(6-8-18)25(31)32/h11-12,14-15,17-18H,4-10,13H2,1-3H3,(H,31,32)/t15-,17-,18-/m0/s1. The lowest BCUT2D eigenvalue weighted by atomic mass is 9.85. The third-order valence-corrected chi connectivity index (χ3v) is 7.57. The Balaban J connectivity index is 1.56. The number of nitrogens with zero attached hydrogens (tertiary/aromatic N) is 4. The van der Waals surface area contributed by atoms with E-state index in [0.717, 1.165) is 59.6 Å². The van der Waals surface area contributed by atoms with E-state index in [-0.39, 0.29) is 24.1 Å². The quantitative estimate of drug-likeness (QED) is 0.556. The van der Waals surface area contributed by atoms with E-state index >= 15 is 0 Å². The van der Waals surface area contributed by atoms with Crippen molar-refractivity contribution in [3.63, 3.8) is 0 Å². The zero-order chi connectivity index (χ0) is 24.7. The van der Waals surface area contributed by atoms with Crippen LogP contribution >= 0.6 is 0 Å². The molecule has 1 fully saturated rings. The lowest BCUT2D eigenvalue weighted by Gasteiger charge is -2.34. The van der Waals surface area contributed by atoms with Gasteiger partial charge in [-0.1, -0.05) is 0 Å². The number of oxazole rings is 1. The molecule has 0 saturated heterocycles. The van der Waals surface area contributed by atoms with Crippen LogP contribution in [0.25, 0.3) is 11.0 Å². The normalized spacial score (nSPS) is 22.3. The Labute approximate surface area is 204 Å². The van der Waals surface area contributed by atoms with E-state index in [1.807, 2.05) is 19.9 Å². The predicted molar refractivity (Wildman–Crippen MR) is 130 cm³/mol. The van der Waals surface area contributed by atoms with Crippen molar-refractivity contribution >= 4 is 28.8 Å². The van der Waals surface area contributed by atoms with Gasteiger partial charge in [-0.25, -0.2) is 14.8 Å². The maximum absolute atomic E-state index is 12.6. The molecule has 1 aliphatic carbocycles. The number of benzene rings is 1. The van der Waals surface area contributed by atoms with E-state index in [4.69, 9.17) is 14.1 Å². The van der Waals surface area contributed by atoms with Gasteiger partial charge >= 0.3 is 12.1 Å². The van der Waals surface area contributed by atoms with Crippen molar-refractivity contribution in [2.75, 3.05) is 12.0 Å². The molecule has 0 bridgehead atoms. The van der Waals surface area contributed by atoms with Gasteiger partial charge in [-0.05, 0) is 57.6 Å². The van der Waals surface area contributed by atoms with Crippen LogP contribution in [-0.2, 0) is 28.8 Å². The van der Waals surface area contributed by atoms with Crippen molar-refractivity contribution in [1.29, 1.82) is 0 Å². The molecule has 5 rings (SSSR count). The number of aliphatic carboxylic acids is 1. The van der Waals surface area contributed by atoms with E-state index < -0.39 is 5.97 Å². The zero-order valence-corrected chi connectivity index (χ0v) is 20.5. The van der Waals surface area contributed by atoms with Crippen molar-refractivity contribution in [3.8, 4) is 0 Å². The minimum absolute atomic E-state index is 0.0509. The second-order valence-electron chi connectivity index (χ2n) is 9.75. The third kappa shape index (κ3) is 4.28. The molecule has 1 aromatic carbocycles. The first kappa shape index (κ1) is 23.4. The van der Waals surface area contributed by atoms with E-state index in [1.54, 1.807) is 11.1 Å². The number of imidazole rings is 1. The van der Waals surface area contributed by atoms with Gasteiger partial charge in [-0.15, -0.1) is 0 Å². The highest BCUT2D eigenvalue weighted by Crippen LogP contribution is 2.40. The molecule has 9 nitrogen and oxygen atoms in total. The number of carboxylic acid groups (broad SMARTS) is 1. The molecule has 0 spiro atoms. The third-order valence-electron chi connectivity index (χ3n) is 7.57. The topological polar surface area (TPSA) is 111 Å². The number of methoxy groups -OCH3 is 1. The fourth-order valence-corrected chi connectivity index (χ4v) is 5.74. The summed E-state index contributed by atoms with van der Waals surface area (Å²) in [4.78, 5) is 35.1. The number of fused-ring (bicyclic) bond motifs is 3. The lowest BCUT2D eigenvalue weighted by Crippen LogP contribution is -2.42. The van der Waals surface area contributed by atoms with Gasteiger partial charge in [0.25, 0.3) is 0 Å². The summed E-state index contributed by atoms with van der Waals surface area (Å²) < 4.78 is 13.1. The molecule has 0 radical (unpaired) electrons. The number of carbonyl (C=O) groups is 2. The number of carboxylic acids is 1. The molecule has 9 heteroatoms. The number of carbonyl (C=O) groups excluding carboxylic acids is 1. The average Bonchev–Trinajstić information content (AvgIpc) is 3.45. The molecular formula is C26H32N4O5. The summed E-state index contributed by atoms with van der Waals surface area (Å²) in [5.74, 6) is 1.45. The Kier molecular flexibility index (Phi) is 6.25. The summed E-state index contributed by atoms with van der Waals surface area (Å²) in [6.07, 6.45) is 7.39. The Morgan fingerprint density at radius 3 is 2.60 bits per heavy atom.